The zero-order valence-electron chi connectivity index (χ0n) is 11.7. The SMILES string of the molecule is COc1ccc(-c2nnc(-c3ccccc3SC)o2)cc1. The fraction of sp³-hybridized carbons (Fsp3) is 0.125. The Balaban J connectivity index is 1.95. The van der Waals surface area contributed by atoms with Crippen LogP contribution in [0.25, 0.3) is 22.9 Å². The zero-order chi connectivity index (χ0) is 14.7. The third kappa shape index (κ3) is 2.78. The van der Waals surface area contributed by atoms with Crippen LogP contribution in [0.15, 0.2) is 57.8 Å². The van der Waals surface area contributed by atoms with Gasteiger partial charge in [-0.1, -0.05) is 12.1 Å². The molecule has 106 valence electrons. The third-order valence-electron chi connectivity index (χ3n) is 3.10. The maximum atomic E-state index is 5.80. The summed E-state index contributed by atoms with van der Waals surface area (Å²) in [6.45, 7) is 0. The number of aromatic nitrogens is 2. The lowest BCUT2D eigenvalue weighted by Gasteiger charge is -2.02. The number of hydrogen-bond donors (Lipinski definition) is 0. The van der Waals surface area contributed by atoms with Gasteiger partial charge in [-0.3, -0.25) is 0 Å². The van der Waals surface area contributed by atoms with E-state index in [-0.39, 0.29) is 0 Å². The van der Waals surface area contributed by atoms with E-state index in [4.69, 9.17) is 9.15 Å². The first kappa shape index (κ1) is 13.7. The van der Waals surface area contributed by atoms with Crippen LogP contribution in [0, 0.1) is 0 Å². The predicted octanol–water partition coefficient (Wildman–Crippen LogP) is 4.13. The van der Waals surface area contributed by atoms with Crippen molar-refractivity contribution in [2.75, 3.05) is 13.4 Å². The van der Waals surface area contributed by atoms with E-state index in [9.17, 15) is 0 Å². The second kappa shape index (κ2) is 6.01. The summed E-state index contributed by atoms with van der Waals surface area (Å²) in [6, 6.07) is 15.5. The lowest BCUT2D eigenvalue weighted by molar-refractivity contribution is 0.415. The van der Waals surface area contributed by atoms with Crippen LogP contribution in [0.4, 0.5) is 0 Å². The minimum absolute atomic E-state index is 0.503. The molecule has 0 bridgehead atoms. The lowest BCUT2D eigenvalue weighted by Crippen LogP contribution is -1.82. The van der Waals surface area contributed by atoms with Crippen LogP contribution in [-0.2, 0) is 0 Å². The molecule has 3 aromatic rings. The summed E-state index contributed by atoms with van der Waals surface area (Å²) in [4.78, 5) is 1.11. The molecule has 0 aliphatic carbocycles. The second-order valence-electron chi connectivity index (χ2n) is 4.34. The zero-order valence-corrected chi connectivity index (χ0v) is 12.6. The number of benzene rings is 2. The molecule has 0 saturated carbocycles. The van der Waals surface area contributed by atoms with Gasteiger partial charge < -0.3 is 9.15 Å². The van der Waals surface area contributed by atoms with Gasteiger partial charge in [0.2, 0.25) is 11.8 Å². The number of methoxy groups -OCH3 is 1. The number of nitrogens with zero attached hydrogens (tertiary/aromatic N) is 2. The summed E-state index contributed by atoms with van der Waals surface area (Å²) in [7, 11) is 1.64. The molecule has 0 N–H and O–H groups in total. The predicted molar refractivity (Wildman–Crippen MR) is 83.5 cm³/mol. The highest BCUT2D eigenvalue weighted by atomic mass is 32.2. The van der Waals surface area contributed by atoms with Gasteiger partial charge in [-0.15, -0.1) is 22.0 Å². The average Bonchev–Trinajstić information content (AvgIpc) is 3.04. The molecule has 1 aromatic heterocycles. The average molecular weight is 298 g/mol. The van der Waals surface area contributed by atoms with Gasteiger partial charge in [-0.05, 0) is 42.7 Å². The first-order valence-corrected chi connectivity index (χ1v) is 7.65. The summed E-state index contributed by atoms with van der Waals surface area (Å²) in [5.74, 6) is 1.83. The second-order valence-corrected chi connectivity index (χ2v) is 5.19. The van der Waals surface area contributed by atoms with Gasteiger partial charge >= 0.3 is 0 Å². The molecule has 2 aromatic carbocycles. The van der Waals surface area contributed by atoms with Gasteiger partial charge in [0, 0.05) is 10.5 Å². The number of rotatable bonds is 4. The number of ether oxygens (including phenoxy) is 1. The van der Waals surface area contributed by atoms with E-state index in [1.54, 1.807) is 18.9 Å². The van der Waals surface area contributed by atoms with E-state index in [1.165, 1.54) is 0 Å². The molecule has 0 amide bonds. The maximum Gasteiger partial charge on any atom is 0.249 e. The van der Waals surface area contributed by atoms with Crippen LogP contribution in [0.1, 0.15) is 0 Å². The normalized spacial score (nSPS) is 10.6. The van der Waals surface area contributed by atoms with Crippen LogP contribution >= 0.6 is 11.8 Å². The molecular formula is C16H14N2O2S. The molecule has 0 unspecified atom stereocenters. The highest BCUT2D eigenvalue weighted by Crippen LogP contribution is 2.31. The number of hydrogen-bond acceptors (Lipinski definition) is 5. The summed E-state index contributed by atoms with van der Waals surface area (Å²) in [6.07, 6.45) is 2.03. The third-order valence-corrected chi connectivity index (χ3v) is 3.90. The fourth-order valence-electron chi connectivity index (χ4n) is 2.00. The smallest absolute Gasteiger partial charge is 0.249 e. The lowest BCUT2D eigenvalue weighted by atomic mass is 10.2. The van der Waals surface area contributed by atoms with Crippen molar-refractivity contribution in [3.8, 4) is 28.7 Å². The molecule has 0 spiro atoms. The molecule has 5 heteroatoms. The van der Waals surface area contributed by atoms with E-state index in [2.05, 4.69) is 10.2 Å². The minimum atomic E-state index is 0.503. The van der Waals surface area contributed by atoms with Gasteiger partial charge in [0.25, 0.3) is 0 Å². The topological polar surface area (TPSA) is 48.2 Å². The Hall–Kier alpha value is -2.27. The van der Waals surface area contributed by atoms with Crippen LogP contribution in [0.2, 0.25) is 0 Å². The molecule has 21 heavy (non-hydrogen) atoms. The Morgan fingerprint density at radius 3 is 2.38 bits per heavy atom. The molecule has 1 heterocycles. The Labute approximate surface area is 127 Å². The van der Waals surface area contributed by atoms with Crippen molar-refractivity contribution in [2.45, 2.75) is 4.90 Å². The van der Waals surface area contributed by atoms with Gasteiger partial charge in [0.15, 0.2) is 0 Å². The highest BCUT2D eigenvalue weighted by Gasteiger charge is 2.13. The Bertz CT molecular complexity index is 738. The summed E-state index contributed by atoms with van der Waals surface area (Å²) >= 11 is 1.66. The van der Waals surface area contributed by atoms with E-state index in [0.717, 1.165) is 21.8 Å². The fourth-order valence-corrected chi connectivity index (χ4v) is 2.59. The summed E-state index contributed by atoms with van der Waals surface area (Å²) in [5.41, 5.74) is 1.83. The molecule has 0 atom stereocenters. The monoisotopic (exact) mass is 298 g/mol. The van der Waals surface area contributed by atoms with Crippen LogP contribution in [0.5, 0.6) is 5.75 Å². The van der Waals surface area contributed by atoms with E-state index < -0.39 is 0 Å². The van der Waals surface area contributed by atoms with Crippen molar-refractivity contribution in [1.82, 2.24) is 10.2 Å². The Morgan fingerprint density at radius 1 is 0.952 bits per heavy atom. The first-order chi connectivity index (χ1) is 10.3. The van der Waals surface area contributed by atoms with Crippen molar-refractivity contribution in [2.24, 2.45) is 0 Å². The Morgan fingerprint density at radius 2 is 1.67 bits per heavy atom. The van der Waals surface area contributed by atoms with Gasteiger partial charge in [0.05, 0.1) is 12.7 Å². The van der Waals surface area contributed by atoms with Crippen molar-refractivity contribution in [1.29, 1.82) is 0 Å². The van der Waals surface area contributed by atoms with Crippen LogP contribution in [0.3, 0.4) is 0 Å². The van der Waals surface area contributed by atoms with Gasteiger partial charge in [-0.2, -0.15) is 0 Å². The summed E-state index contributed by atoms with van der Waals surface area (Å²) < 4.78 is 10.9. The minimum Gasteiger partial charge on any atom is -0.497 e. The van der Waals surface area contributed by atoms with E-state index in [1.807, 2.05) is 54.8 Å². The molecule has 0 aliphatic rings. The molecular weight excluding hydrogens is 284 g/mol. The molecule has 4 nitrogen and oxygen atoms in total. The summed E-state index contributed by atoms with van der Waals surface area (Å²) in [5, 5.41) is 8.28. The van der Waals surface area contributed by atoms with Crippen LogP contribution < -0.4 is 4.74 Å². The largest absolute Gasteiger partial charge is 0.497 e. The molecule has 0 radical (unpaired) electrons. The molecule has 0 fully saturated rings. The van der Waals surface area contributed by atoms with Crippen molar-refractivity contribution < 1.29 is 9.15 Å². The van der Waals surface area contributed by atoms with Crippen LogP contribution in [-0.4, -0.2) is 23.6 Å². The van der Waals surface area contributed by atoms with Gasteiger partial charge in [0.1, 0.15) is 5.75 Å². The maximum absolute atomic E-state index is 5.80. The van der Waals surface area contributed by atoms with E-state index >= 15 is 0 Å². The molecule has 0 aliphatic heterocycles. The van der Waals surface area contributed by atoms with Gasteiger partial charge in [-0.25, -0.2) is 0 Å². The van der Waals surface area contributed by atoms with Crippen molar-refractivity contribution >= 4 is 11.8 Å². The Kier molecular flexibility index (Phi) is 3.92. The van der Waals surface area contributed by atoms with Crippen molar-refractivity contribution in [3.05, 3.63) is 48.5 Å². The molecule has 0 saturated heterocycles. The highest BCUT2D eigenvalue weighted by molar-refractivity contribution is 7.98. The number of thioether (sulfide) groups is 1. The standard InChI is InChI=1S/C16H14N2O2S/c1-19-12-9-7-11(8-10-12)15-17-18-16(20-15)13-5-3-4-6-14(13)21-2/h3-10H,1-2H3. The molecule has 3 rings (SSSR count). The van der Waals surface area contributed by atoms with E-state index in [0.29, 0.717) is 11.8 Å². The first-order valence-electron chi connectivity index (χ1n) is 6.43. The quantitative estimate of drug-likeness (QED) is 0.678. The van der Waals surface area contributed by atoms with Crippen molar-refractivity contribution in [3.63, 3.8) is 0 Å².